The molecule has 0 aliphatic carbocycles. The van der Waals surface area contributed by atoms with Crippen LogP contribution in [-0.2, 0) is 11.2 Å². The van der Waals surface area contributed by atoms with Crippen molar-refractivity contribution in [3.8, 4) is 5.75 Å². The molecule has 1 amide bonds. The first-order valence-corrected chi connectivity index (χ1v) is 5.89. The minimum atomic E-state index is -0.541. The first kappa shape index (κ1) is 12.5. The first-order valence-electron chi connectivity index (χ1n) is 5.89. The molecular formula is C14H17NO3. The van der Waals surface area contributed by atoms with Crippen LogP contribution in [0, 0.1) is 5.41 Å². The largest absolute Gasteiger partial charge is 0.508 e. The molecule has 96 valence electrons. The number of aryl methyl sites for hydroxylation is 1. The van der Waals surface area contributed by atoms with Gasteiger partial charge in [-0.2, -0.15) is 0 Å². The number of carbonyl (C=O) groups is 1. The Hall–Kier alpha value is -1.97. The molecule has 4 heteroatoms. The zero-order valence-electron chi connectivity index (χ0n) is 10.6. The highest BCUT2D eigenvalue weighted by molar-refractivity contribution is 5.83. The molecule has 0 aliphatic rings. The Bertz CT molecular complexity index is 584. The third-order valence-electron chi connectivity index (χ3n) is 3.32. The second-order valence-corrected chi connectivity index (χ2v) is 5.19. The molecule has 0 saturated carbocycles. The van der Waals surface area contributed by atoms with Crippen LogP contribution in [0.4, 0.5) is 0 Å². The Morgan fingerprint density at radius 2 is 2.17 bits per heavy atom. The lowest BCUT2D eigenvalue weighted by molar-refractivity contribution is -0.126. The van der Waals surface area contributed by atoms with E-state index in [1.54, 1.807) is 24.5 Å². The van der Waals surface area contributed by atoms with Crippen LogP contribution in [-0.4, -0.2) is 11.0 Å². The van der Waals surface area contributed by atoms with Crippen molar-refractivity contribution >= 4 is 16.9 Å². The van der Waals surface area contributed by atoms with E-state index in [9.17, 15) is 9.90 Å². The second kappa shape index (κ2) is 4.37. The monoisotopic (exact) mass is 247 g/mol. The van der Waals surface area contributed by atoms with Gasteiger partial charge in [-0.15, -0.1) is 0 Å². The fraction of sp³-hybridized carbons (Fsp3) is 0.357. The standard InChI is InChI=1S/C14H17NO3/c1-14(2,13(15)17)6-5-9-8-18-12-4-3-10(16)7-11(9)12/h3-4,7-8,16H,5-6H2,1-2H3,(H2,15,17). The normalized spacial score (nSPS) is 11.9. The van der Waals surface area contributed by atoms with Crippen LogP contribution in [0.5, 0.6) is 5.75 Å². The number of benzene rings is 1. The van der Waals surface area contributed by atoms with Gasteiger partial charge in [0.2, 0.25) is 5.91 Å². The van der Waals surface area contributed by atoms with Crippen molar-refractivity contribution in [2.45, 2.75) is 26.7 Å². The molecule has 0 spiro atoms. The lowest BCUT2D eigenvalue weighted by atomic mass is 9.85. The average Bonchev–Trinajstić information content (AvgIpc) is 2.68. The van der Waals surface area contributed by atoms with E-state index in [1.165, 1.54) is 0 Å². The Labute approximate surface area is 105 Å². The number of amides is 1. The van der Waals surface area contributed by atoms with E-state index in [-0.39, 0.29) is 11.7 Å². The third kappa shape index (κ3) is 2.32. The van der Waals surface area contributed by atoms with Gasteiger partial charge in [-0.1, -0.05) is 13.8 Å². The maximum Gasteiger partial charge on any atom is 0.223 e. The van der Waals surface area contributed by atoms with Crippen LogP contribution in [0.3, 0.4) is 0 Å². The van der Waals surface area contributed by atoms with Gasteiger partial charge >= 0.3 is 0 Å². The van der Waals surface area contributed by atoms with Crippen LogP contribution in [0.2, 0.25) is 0 Å². The fourth-order valence-corrected chi connectivity index (χ4v) is 1.83. The Kier molecular flexibility index (Phi) is 3.03. The number of carbonyl (C=O) groups excluding carboxylic acids is 1. The molecule has 0 aliphatic heterocycles. The molecule has 2 rings (SSSR count). The summed E-state index contributed by atoms with van der Waals surface area (Å²) in [7, 11) is 0. The van der Waals surface area contributed by atoms with E-state index in [2.05, 4.69) is 0 Å². The van der Waals surface area contributed by atoms with E-state index < -0.39 is 5.41 Å². The van der Waals surface area contributed by atoms with Gasteiger partial charge in [0.25, 0.3) is 0 Å². The van der Waals surface area contributed by atoms with Crippen molar-refractivity contribution in [1.82, 2.24) is 0 Å². The smallest absolute Gasteiger partial charge is 0.223 e. The van der Waals surface area contributed by atoms with Gasteiger partial charge in [0.05, 0.1) is 6.26 Å². The summed E-state index contributed by atoms with van der Waals surface area (Å²) in [5, 5.41) is 10.4. The number of hydrogen-bond acceptors (Lipinski definition) is 3. The fourth-order valence-electron chi connectivity index (χ4n) is 1.83. The van der Waals surface area contributed by atoms with Gasteiger partial charge < -0.3 is 15.3 Å². The summed E-state index contributed by atoms with van der Waals surface area (Å²) in [5.41, 5.74) is 6.52. The lowest BCUT2D eigenvalue weighted by Crippen LogP contribution is -2.31. The Balaban J connectivity index is 2.22. The highest BCUT2D eigenvalue weighted by Gasteiger charge is 2.25. The molecule has 1 heterocycles. The van der Waals surface area contributed by atoms with Crippen molar-refractivity contribution in [1.29, 1.82) is 0 Å². The quantitative estimate of drug-likeness (QED) is 0.871. The minimum Gasteiger partial charge on any atom is -0.508 e. The summed E-state index contributed by atoms with van der Waals surface area (Å²) in [6.07, 6.45) is 3.00. The van der Waals surface area contributed by atoms with Crippen molar-refractivity contribution in [3.05, 3.63) is 30.0 Å². The number of primary amides is 1. The van der Waals surface area contributed by atoms with Crippen LogP contribution in [0.15, 0.2) is 28.9 Å². The topological polar surface area (TPSA) is 76.5 Å². The average molecular weight is 247 g/mol. The zero-order chi connectivity index (χ0) is 13.3. The number of aromatic hydroxyl groups is 1. The van der Waals surface area contributed by atoms with E-state index in [0.29, 0.717) is 12.8 Å². The van der Waals surface area contributed by atoms with Crippen LogP contribution >= 0.6 is 0 Å². The number of furan rings is 1. The molecule has 0 radical (unpaired) electrons. The molecule has 0 atom stereocenters. The number of nitrogens with two attached hydrogens (primary N) is 1. The van der Waals surface area contributed by atoms with Crippen molar-refractivity contribution in [2.24, 2.45) is 11.1 Å². The lowest BCUT2D eigenvalue weighted by Gasteiger charge is -2.19. The second-order valence-electron chi connectivity index (χ2n) is 5.19. The van der Waals surface area contributed by atoms with Crippen molar-refractivity contribution in [2.75, 3.05) is 0 Å². The number of phenols is 1. The molecule has 1 aromatic heterocycles. The van der Waals surface area contributed by atoms with E-state index >= 15 is 0 Å². The molecule has 3 N–H and O–H groups in total. The van der Waals surface area contributed by atoms with Gasteiger partial charge in [-0.3, -0.25) is 4.79 Å². The molecule has 0 saturated heterocycles. The molecule has 0 bridgehead atoms. The highest BCUT2D eigenvalue weighted by atomic mass is 16.3. The molecular weight excluding hydrogens is 230 g/mol. The van der Waals surface area contributed by atoms with E-state index in [1.807, 2.05) is 13.8 Å². The maximum absolute atomic E-state index is 11.3. The van der Waals surface area contributed by atoms with Crippen LogP contribution in [0.1, 0.15) is 25.8 Å². The summed E-state index contributed by atoms with van der Waals surface area (Å²) in [6, 6.07) is 4.99. The molecule has 0 unspecified atom stereocenters. The summed E-state index contributed by atoms with van der Waals surface area (Å²) < 4.78 is 5.40. The number of hydrogen-bond donors (Lipinski definition) is 2. The molecule has 18 heavy (non-hydrogen) atoms. The molecule has 1 aromatic carbocycles. The van der Waals surface area contributed by atoms with Crippen molar-refractivity contribution < 1.29 is 14.3 Å². The molecule has 0 fully saturated rings. The molecule has 4 nitrogen and oxygen atoms in total. The minimum absolute atomic E-state index is 0.208. The van der Waals surface area contributed by atoms with E-state index in [0.717, 1.165) is 16.5 Å². The van der Waals surface area contributed by atoms with Gasteiger partial charge in [-0.05, 0) is 36.6 Å². The van der Waals surface area contributed by atoms with Crippen molar-refractivity contribution in [3.63, 3.8) is 0 Å². The number of phenolic OH excluding ortho intramolecular Hbond substituents is 1. The number of fused-ring (bicyclic) bond motifs is 1. The third-order valence-corrected chi connectivity index (χ3v) is 3.32. The Morgan fingerprint density at radius 3 is 2.83 bits per heavy atom. The maximum atomic E-state index is 11.3. The van der Waals surface area contributed by atoms with Gasteiger partial charge in [-0.25, -0.2) is 0 Å². The van der Waals surface area contributed by atoms with Gasteiger partial charge in [0, 0.05) is 10.8 Å². The predicted molar refractivity (Wildman–Crippen MR) is 69.2 cm³/mol. The van der Waals surface area contributed by atoms with Crippen LogP contribution < -0.4 is 5.73 Å². The summed E-state index contributed by atoms with van der Waals surface area (Å²) in [4.78, 5) is 11.3. The summed E-state index contributed by atoms with van der Waals surface area (Å²) in [5.74, 6) is -0.0996. The van der Waals surface area contributed by atoms with Crippen LogP contribution in [0.25, 0.3) is 11.0 Å². The zero-order valence-corrected chi connectivity index (χ0v) is 10.6. The number of rotatable bonds is 4. The highest BCUT2D eigenvalue weighted by Crippen LogP contribution is 2.29. The van der Waals surface area contributed by atoms with E-state index in [4.69, 9.17) is 10.2 Å². The Morgan fingerprint density at radius 1 is 1.44 bits per heavy atom. The summed E-state index contributed by atoms with van der Waals surface area (Å²) in [6.45, 7) is 3.66. The summed E-state index contributed by atoms with van der Waals surface area (Å²) >= 11 is 0. The van der Waals surface area contributed by atoms with Gasteiger partial charge in [0.15, 0.2) is 0 Å². The van der Waals surface area contributed by atoms with Gasteiger partial charge in [0.1, 0.15) is 11.3 Å². The molecule has 2 aromatic rings. The predicted octanol–water partition coefficient (Wildman–Crippen LogP) is 2.58. The SMILES string of the molecule is CC(C)(CCc1coc2ccc(O)cc12)C(N)=O. The first-order chi connectivity index (χ1) is 8.40.